The van der Waals surface area contributed by atoms with Crippen molar-refractivity contribution in [2.75, 3.05) is 12.8 Å². The predicted molar refractivity (Wildman–Crippen MR) is 78.4 cm³/mol. The maximum absolute atomic E-state index is 12.0. The van der Waals surface area contributed by atoms with Crippen molar-refractivity contribution < 1.29 is 17.6 Å². The third-order valence-corrected chi connectivity index (χ3v) is 5.73. The van der Waals surface area contributed by atoms with E-state index in [4.69, 9.17) is 4.42 Å². The first-order chi connectivity index (χ1) is 9.45. The molecule has 0 saturated heterocycles. The molecule has 1 amide bonds. The fraction of sp³-hybridized carbons (Fsp3) is 0.714. The van der Waals surface area contributed by atoms with E-state index in [1.807, 2.05) is 0 Å². The number of aromatic nitrogens is 1. The van der Waals surface area contributed by atoms with E-state index < -0.39 is 9.84 Å². The SMILES string of the molecule is CC1(C)C(CNC(=O)c2coc(CS(C)(=O)=O)n2)C1(C)C. The first kappa shape index (κ1) is 16.0. The number of carbonyl (C=O) groups is 1. The highest BCUT2D eigenvalue weighted by molar-refractivity contribution is 7.89. The summed E-state index contributed by atoms with van der Waals surface area (Å²) in [5.41, 5.74) is 0.516. The van der Waals surface area contributed by atoms with Crippen LogP contribution in [0.3, 0.4) is 0 Å². The van der Waals surface area contributed by atoms with Gasteiger partial charge in [-0.1, -0.05) is 27.7 Å². The summed E-state index contributed by atoms with van der Waals surface area (Å²) in [7, 11) is -3.22. The van der Waals surface area contributed by atoms with Crippen molar-refractivity contribution in [3.8, 4) is 0 Å². The van der Waals surface area contributed by atoms with E-state index in [1.54, 1.807) is 0 Å². The van der Waals surface area contributed by atoms with E-state index in [0.29, 0.717) is 12.5 Å². The van der Waals surface area contributed by atoms with Crippen molar-refractivity contribution in [1.82, 2.24) is 10.3 Å². The molecule has 0 aliphatic heterocycles. The van der Waals surface area contributed by atoms with Crippen LogP contribution in [0.15, 0.2) is 10.7 Å². The number of carbonyl (C=O) groups excluding carboxylic acids is 1. The first-order valence-electron chi connectivity index (χ1n) is 6.85. The second-order valence-corrected chi connectivity index (χ2v) is 9.04. The maximum atomic E-state index is 12.0. The van der Waals surface area contributed by atoms with Crippen molar-refractivity contribution in [2.24, 2.45) is 16.7 Å². The Labute approximate surface area is 125 Å². The summed E-state index contributed by atoms with van der Waals surface area (Å²) in [4.78, 5) is 15.9. The molecule has 1 aliphatic carbocycles. The maximum Gasteiger partial charge on any atom is 0.273 e. The molecule has 0 atom stereocenters. The van der Waals surface area contributed by atoms with Crippen LogP contribution in [0.2, 0.25) is 0 Å². The van der Waals surface area contributed by atoms with Crippen molar-refractivity contribution in [3.05, 3.63) is 17.8 Å². The van der Waals surface area contributed by atoms with Crippen LogP contribution in [0.1, 0.15) is 44.1 Å². The number of nitrogens with one attached hydrogen (secondary N) is 1. The van der Waals surface area contributed by atoms with Crippen LogP contribution in [0.5, 0.6) is 0 Å². The van der Waals surface area contributed by atoms with E-state index in [2.05, 4.69) is 38.0 Å². The number of sulfone groups is 1. The van der Waals surface area contributed by atoms with Crippen LogP contribution in [-0.2, 0) is 15.6 Å². The first-order valence-corrected chi connectivity index (χ1v) is 8.91. The molecule has 0 unspecified atom stereocenters. The predicted octanol–water partition coefficient (Wildman–Crippen LogP) is 1.63. The van der Waals surface area contributed by atoms with Crippen molar-refractivity contribution in [3.63, 3.8) is 0 Å². The van der Waals surface area contributed by atoms with Gasteiger partial charge in [0.2, 0.25) is 5.89 Å². The minimum absolute atomic E-state index is 0.0368. The molecule has 1 N–H and O–H groups in total. The Morgan fingerprint density at radius 3 is 2.38 bits per heavy atom. The Morgan fingerprint density at radius 2 is 1.90 bits per heavy atom. The third kappa shape index (κ3) is 3.12. The molecule has 1 saturated carbocycles. The van der Waals surface area contributed by atoms with E-state index in [-0.39, 0.29) is 34.1 Å². The normalized spacial score (nSPS) is 20.2. The van der Waals surface area contributed by atoms with Gasteiger partial charge in [0.25, 0.3) is 5.91 Å². The Morgan fingerprint density at radius 1 is 1.33 bits per heavy atom. The molecule has 1 aromatic heterocycles. The minimum Gasteiger partial charge on any atom is -0.447 e. The van der Waals surface area contributed by atoms with Crippen LogP contribution in [0, 0.1) is 16.7 Å². The molecule has 1 heterocycles. The molecular formula is C14H22N2O4S. The molecule has 7 heteroatoms. The summed E-state index contributed by atoms with van der Waals surface area (Å²) < 4.78 is 27.3. The van der Waals surface area contributed by atoms with Crippen LogP contribution < -0.4 is 5.32 Å². The Kier molecular flexibility index (Phi) is 3.68. The zero-order chi connectivity index (χ0) is 16.1. The summed E-state index contributed by atoms with van der Waals surface area (Å²) in [5.74, 6) is -0.189. The second kappa shape index (κ2) is 4.83. The van der Waals surface area contributed by atoms with Crippen LogP contribution in [-0.4, -0.2) is 32.1 Å². The topological polar surface area (TPSA) is 89.3 Å². The van der Waals surface area contributed by atoms with E-state index in [9.17, 15) is 13.2 Å². The summed E-state index contributed by atoms with van der Waals surface area (Å²) in [5, 5.41) is 2.84. The molecule has 1 aliphatic rings. The lowest BCUT2D eigenvalue weighted by Gasteiger charge is -2.04. The monoisotopic (exact) mass is 314 g/mol. The van der Waals surface area contributed by atoms with Gasteiger partial charge >= 0.3 is 0 Å². The fourth-order valence-corrected chi connectivity index (χ4v) is 3.42. The molecule has 1 fully saturated rings. The summed E-state index contributed by atoms with van der Waals surface area (Å²) >= 11 is 0. The highest BCUT2D eigenvalue weighted by Crippen LogP contribution is 2.67. The van der Waals surface area contributed by atoms with E-state index in [0.717, 1.165) is 6.26 Å². The van der Waals surface area contributed by atoms with Gasteiger partial charge in [0.1, 0.15) is 12.0 Å². The quantitative estimate of drug-likeness (QED) is 0.892. The van der Waals surface area contributed by atoms with Gasteiger partial charge in [0.15, 0.2) is 15.5 Å². The highest BCUT2D eigenvalue weighted by Gasteiger charge is 2.64. The lowest BCUT2D eigenvalue weighted by Crippen LogP contribution is -2.27. The second-order valence-electron chi connectivity index (χ2n) is 6.90. The molecule has 6 nitrogen and oxygen atoms in total. The third-order valence-electron chi connectivity index (χ3n) is 4.96. The molecule has 0 radical (unpaired) electrons. The molecule has 0 bridgehead atoms. The lowest BCUT2D eigenvalue weighted by molar-refractivity contribution is 0.0945. The zero-order valence-electron chi connectivity index (χ0n) is 13.1. The van der Waals surface area contributed by atoms with E-state index >= 15 is 0 Å². The highest BCUT2D eigenvalue weighted by atomic mass is 32.2. The molecule has 2 rings (SSSR count). The van der Waals surface area contributed by atoms with Crippen LogP contribution in [0.25, 0.3) is 0 Å². The van der Waals surface area contributed by atoms with Gasteiger partial charge < -0.3 is 9.73 Å². The largest absolute Gasteiger partial charge is 0.447 e. The van der Waals surface area contributed by atoms with Crippen LogP contribution >= 0.6 is 0 Å². The van der Waals surface area contributed by atoms with Gasteiger partial charge in [-0.3, -0.25) is 4.79 Å². The van der Waals surface area contributed by atoms with Crippen molar-refractivity contribution in [1.29, 1.82) is 0 Å². The Bertz CT molecular complexity index is 644. The molecule has 118 valence electrons. The van der Waals surface area contributed by atoms with Gasteiger partial charge in [0.05, 0.1) is 0 Å². The van der Waals surface area contributed by atoms with E-state index in [1.165, 1.54) is 6.26 Å². The number of oxazole rings is 1. The fourth-order valence-electron chi connectivity index (χ4n) is 2.83. The molecule has 0 spiro atoms. The van der Waals surface area contributed by atoms with Crippen molar-refractivity contribution >= 4 is 15.7 Å². The van der Waals surface area contributed by atoms with Gasteiger partial charge in [-0.25, -0.2) is 13.4 Å². The van der Waals surface area contributed by atoms with Crippen LogP contribution in [0.4, 0.5) is 0 Å². The summed E-state index contributed by atoms with van der Waals surface area (Å²) in [6.45, 7) is 9.32. The molecule has 1 aromatic rings. The number of amides is 1. The standard InChI is InChI=1S/C14H22N2O4S/c1-13(2)10(14(13,3)4)6-15-12(17)9-7-20-11(16-9)8-21(5,18)19/h7,10H,6,8H2,1-5H3,(H,15,17). The number of hydrogen-bond acceptors (Lipinski definition) is 5. The smallest absolute Gasteiger partial charge is 0.273 e. The average Bonchev–Trinajstić information content (AvgIpc) is 2.67. The van der Waals surface area contributed by atoms with Gasteiger partial charge in [-0.2, -0.15) is 0 Å². The molecule has 21 heavy (non-hydrogen) atoms. The number of rotatable bonds is 5. The lowest BCUT2D eigenvalue weighted by atomic mass is 10.0. The molecular weight excluding hydrogens is 292 g/mol. The van der Waals surface area contributed by atoms with Gasteiger partial charge in [0, 0.05) is 12.8 Å². The Balaban J connectivity index is 1.93. The zero-order valence-corrected chi connectivity index (χ0v) is 13.9. The average molecular weight is 314 g/mol. The molecule has 0 aromatic carbocycles. The van der Waals surface area contributed by atoms with Gasteiger partial charge in [-0.05, 0) is 16.7 Å². The Hall–Kier alpha value is -1.37. The van der Waals surface area contributed by atoms with Gasteiger partial charge in [-0.15, -0.1) is 0 Å². The summed E-state index contributed by atoms with van der Waals surface area (Å²) in [6.07, 6.45) is 2.28. The van der Waals surface area contributed by atoms with Crippen molar-refractivity contribution in [2.45, 2.75) is 33.4 Å². The minimum atomic E-state index is -3.22. The number of hydrogen-bond donors (Lipinski definition) is 1. The summed E-state index contributed by atoms with van der Waals surface area (Å²) in [6, 6.07) is 0. The number of nitrogens with zero attached hydrogens (tertiary/aromatic N) is 1.